The molecule has 2 aromatic heterocycles. The van der Waals surface area contributed by atoms with Crippen molar-refractivity contribution in [2.75, 3.05) is 0 Å². The van der Waals surface area contributed by atoms with E-state index in [0.717, 1.165) is 11.4 Å². The average Bonchev–Trinajstić information content (AvgIpc) is 2.90. The quantitative estimate of drug-likeness (QED) is 0.847. The van der Waals surface area contributed by atoms with Crippen LogP contribution in [0.3, 0.4) is 0 Å². The molecule has 2 aromatic rings. The molecule has 1 aliphatic heterocycles. The molecule has 5 nitrogen and oxygen atoms in total. The van der Waals surface area contributed by atoms with E-state index in [9.17, 15) is 9.90 Å². The lowest BCUT2D eigenvalue weighted by molar-refractivity contribution is -0.138. The van der Waals surface area contributed by atoms with Crippen LogP contribution in [0.1, 0.15) is 18.0 Å². The first-order chi connectivity index (χ1) is 8.27. The van der Waals surface area contributed by atoms with Crippen molar-refractivity contribution in [3.05, 3.63) is 36.4 Å². The number of hydrogen-bond acceptors (Lipinski definition) is 3. The number of imidazole rings is 1. The molecule has 0 fully saturated rings. The van der Waals surface area contributed by atoms with Crippen molar-refractivity contribution >= 4 is 5.97 Å². The molecule has 1 aliphatic rings. The SMILES string of the molecule is O=C(O)C1CCn2cnc(-c3ccccn3)c21. The molecule has 17 heavy (non-hydrogen) atoms. The Labute approximate surface area is 97.8 Å². The summed E-state index contributed by atoms with van der Waals surface area (Å²) in [5.41, 5.74) is 2.20. The molecule has 0 aromatic carbocycles. The van der Waals surface area contributed by atoms with Gasteiger partial charge in [0.05, 0.1) is 17.7 Å². The number of aryl methyl sites for hydroxylation is 1. The van der Waals surface area contributed by atoms with Gasteiger partial charge in [-0.05, 0) is 18.6 Å². The highest BCUT2D eigenvalue weighted by Crippen LogP contribution is 2.34. The summed E-state index contributed by atoms with van der Waals surface area (Å²) in [6.45, 7) is 0.714. The molecule has 5 heteroatoms. The van der Waals surface area contributed by atoms with Crippen molar-refractivity contribution in [1.82, 2.24) is 14.5 Å². The molecule has 0 saturated carbocycles. The fourth-order valence-corrected chi connectivity index (χ4v) is 2.28. The Morgan fingerprint density at radius 1 is 1.41 bits per heavy atom. The van der Waals surface area contributed by atoms with E-state index in [1.807, 2.05) is 22.8 Å². The molecule has 86 valence electrons. The minimum Gasteiger partial charge on any atom is -0.481 e. The minimum atomic E-state index is -0.790. The molecule has 1 atom stereocenters. The molecule has 0 saturated heterocycles. The third-order valence-corrected chi connectivity index (χ3v) is 3.07. The Morgan fingerprint density at radius 2 is 2.29 bits per heavy atom. The zero-order chi connectivity index (χ0) is 11.8. The predicted molar refractivity (Wildman–Crippen MR) is 60.5 cm³/mol. The monoisotopic (exact) mass is 229 g/mol. The number of carbonyl (C=O) groups is 1. The number of carboxylic acids is 1. The molecule has 3 heterocycles. The van der Waals surface area contributed by atoms with Crippen LogP contribution in [-0.2, 0) is 11.3 Å². The van der Waals surface area contributed by atoms with E-state index >= 15 is 0 Å². The van der Waals surface area contributed by atoms with E-state index in [0.29, 0.717) is 18.7 Å². The van der Waals surface area contributed by atoms with Crippen LogP contribution < -0.4 is 0 Å². The lowest BCUT2D eigenvalue weighted by Gasteiger charge is -2.05. The highest BCUT2D eigenvalue weighted by Gasteiger charge is 2.32. The van der Waals surface area contributed by atoms with Crippen LogP contribution >= 0.6 is 0 Å². The highest BCUT2D eigenvalue weighted by atomic mass is 16.4. The topological polar surface area (TPSA) is 68.0 Å². The van der Waals surface area contributed by atoms with Crippen LogP contribution in [0.5, 0.6) is 0 Å². The van der Waals surface area contributed by atoms with Crippen molar-refractivity contribution in [1.29, 1.82) is 0 Å². The van der Waals surface area contributed by atoms with Gasteiger partial charge in [-0.2, -0.15) is 0 Å². The van der Waals surface area contributed by atoms with Gasteiger partial charge in [0.2, 0.25) is 0 Å². The van der Waals surface area contributed by atoms with Gasteiger partial charge in [0.15, 0.2) is 0 Å². The Bertz CT molecular complexity index is 562. The molecule has 1 unspecified atom stereocenters. The second kappa shape index (κ2) is 3.69. The average molecular weight is 229 g/mol. The Morgan fingerprint density at radius 3 is 3.00 bits per heavy atom. The number of carboxylic acid groups (broad SMARTS) is 1. The van der Waals surface area contributed by atoms with E-state index < -0.39 is 11.9 Å². The van der Waals surface area contributed by atoms with Gasteiger partial charge >= 0.3 is 5.97 Å². The fraction of sp³-hybridized carbons (Fsp3) is 0.250. The Kier molecular flexibility index (Phi) is 2.18. The summed E-state index contributed by atoms with van der Waals surface area (Å²) in [5.74, 6) is -1.25. The maximum absolute atomic E-state index is 11.2. The van der Waals surface area contributed by atoms with Gasteiger partial charge in [0.25, 0.3) is 0 Å². The van der Waals surface area contributed by atoms with Gasteiger partial charge in [0, 0.05) is 12.7 Å². The smallest absolute Gasteiger partial charge is 0.312 e. The maximum Gasteiger partial charge on any atom is 0.312 e. The summed E-state index contributed by atoms with van der Waals surface area (Å²) < 4.78 is 1.91. The van der Waals surface area contributed by atoms with Crippen molar-refractivity contribution in [3.63, 3.8) is 0 Å². The van der Waals surface area contributed by atoms with Gasteiger partial charge in [-0.1, -0.05) is 6.07 Å². The predicted octanol–water partition coefficient (Wildman–Crippen LogP) is 1.52. The third-order valence-electron chi connectivity index (χ3n) is 3.07. The lowest BCUT2D eigenvalue weighted by atomic mass is 10.0. The van der Waals surface area contributed by atoms with E-state index in [1.165, 1.54) is 0 Å². The van der Waals surface area contributed by atoms with Crippen molar-refractivity contribution in [2.45, 2.75) is 18.9 Å². The van der Waals surface area contributed by atoms with Crippen LogP contribution in [0.15, 0.2) is 30.7 Å². The standard InChI is InChI=1S/C12H11N3O2/c16-12(17)8-4-6-15-7-14-10(11(8)15)9-3-1-2-5-13-9/h1-3,5,7-8H,4,6H2,(H,16,17). The Hall–Kier alpha value is -2.17. The number of aromatic nitrogens is 3. The third kappa shape index (κ3) is 1.51. The maximum atomic E-state index is 11.2. The first-order valence-electron chi connectivity index (χ1n) is 5.46. The summed E-state index contributed by atoms with van der Waals surface area (Å²) in [5, 5.41) is 9.19. The van der Waals surface area contributed by atoms with Crippen molar-refractivity contribution < 1.29 is 9.90 Å². The number of nitrogens with zero attached hydrogens (tertiary/aromatic N) is 3. The summed E-state index contributed by atoms with van der Waals surface area (Å²) in [6, 6.07) is 5.55. The fourth-order valence-electron chi connectivity index (χ4n) is 2.28. The number of hydrogen-bond donors (Lipinski definition) is 1. The molecule has 0 amide bonds. The van der Waals surface area contributed by atoms with Crippen molar-refractivity contribution in [2.24, 2.45) is 0 Å². The molecule has 1 N–H and O–H groups in total. The van der Waals surface area contributed by atoms with Crippen molar-refractivity contribution in [3.8, 4) is 11.4 Å². The molecule has 0 aliphatic carbocycles. The molecular weight excluding hydrogens is 218 g/mol. The summed E-state index contributed by atoms with van der Waals surface area (Å²) in [6.07, 6.45) is 4.01. The molecular formula is C12H11N3O2. The van der Waals surface area contributed by atoms with Crippen LogP contribution in [0.25, 0.3) is 11.4 Å². The zero-order valence-electron chi connectivity index (χ0n) is 9.08. The summed E-state index contributed by atoms with van der Waals surface area (Å²) in [7, 11) is 0. The van der Waals surface area contributed by atoms with E-state index in [1.54, 1.807) is 12.5 Å². The normalized spacial score (nSPS) is 18.0. The van der Waals surface area contributed by atoms with Crippen LogP contribution in [-0.4, -0.2) is 25.6 Å². The summed E-state index contributed by atoms with van der Waals surface area (Å²) >= 11 is 0. The molecule has 0 bridgehead atoms. The summed E-state index contributed by atoms with van der Waals surface area (Å²) in [4.78, 5) is 19.7. The lowest BCUT2D eigenvalue weighted by Crippen LogP contribution is -2.09. The molecule has 0 radical (unpaired) electrons. The Balaban J connectivity index is 2.12. The van der Waals surface area contributed by atoms with Crippen LogP contribution in [0.4, 0.5) is 0 Å². The van der Waals surface area contributed by atoms with E-state index in [4.69, 9.17) is 0 Å². The largest absolute Gasteiger partial charge is 0.481 e. The number of rotatable bonds is 2. The second-order valence-corrected chi connectivity index (χ2v) is 4.07. The van der Waals surface area contributed by atoms with Crippen LogP contribution in [0, 0.1) is 0 Å². The minimum absolute atomic E-state index is 0.463. The number of pyridine rings is 1. The first-order valence-corrected chi connectivity index (χ1v) is 5.46. The van der Waals surface area contributed by atoms with Crippen LogP contribution in [0.2, 0.25) is 0 Å². The van der Waals surface area contributed by atoms with Gasteiger partial charge in [-0.25, -0.2) is 4.98 Å². The van der Waals surface area contributed by atoms with Gasteiger partial charge in [0.1, 0.15) is 11.6 Å². The molecule has 0 spiro atoms. The zero-order valence-corrected chi connectivity index (χ0v) is 9.08. The molecule has 3 rings (SSSR count). The number of fused-ring (bicyclic) bond motifs is 1. The highest BCUT2D eigenvalue weighted by molar-refractivity contribution is 5.79. The first kappa shape index (κ1) is 10.0. The van der Waals surface area contributed by atoms with Gasteiger partial charge in [-0.15, -0.1) is 0 Å². The van der Waals surface area contributed by atoms with Gasteiger partial charge in [-0.3, -0.25) is 9.78 Å². The van der Waals surface area contributed by atoms with E-state index in [2.05, 4.69) is 9.97 Å². The van der Waals surface area contributed by atoms with E-state index in [-0.39, 0.29) is 0 Å². The second-order valence-electron chi connectivity index (χ2n) is 4.07. The number of aliphatic carboxylic acids is 1. The van der Waals surface area contributed by atoms with Gasteiger partial charge < -0.3 is 9.67 Å².